The number of nitrogens with zero attached hydrogens (tertiary/aromatic N) is 3. The van der Waals surface area contributed by atoms with E-state index in [0.717, 1.165) is 38.0 Å². The number of aromatic nitrogens is 1. The molecule has 0 aliphatic carbocycles. The van der Waals surface area contributed by atoms with Crippen LogP contribution in [0.2, 0.25) is 0 Å². The second kappa shape index (κ2) is 7.64. The highest BCUT2D eigenvalue weighted by atomic mass is 32.1. The first-order valence-corrected chi connectivity index (χ1v) is 11.0. The lowest BCUT2D eigenvalue weighted by atomic mass is 9.83. The van der Waals surface area contributed by atoms with E-state index in [0.29, 0.717) is 30.8 Å². The fraction of sp³-hybridized carbons (Fsp3) is 0.391. The van der Waals surface area contributed by atoms with E-state index in [9.17, 15) is 4.79 Å². The average Bonchev–Trinajstić information content (AvgIpc) is 3.13. The molecule has 0 unspecified atom stereocenters. The zero-order chi connectivity index (χ0) is 18.9. The molecule has 5 rings (SSSR count). The average molecular weight is 392 g/mol. The summed E-state index contributed by atoms with van der Waals surface area (Å²) in [6.45, 7) is 3.88. The van der Waals surface area contributed by atoms with Gasteiger partial charge in [-0.15, -0.1) is 11.3 Å². The molecule has 2 fully saturated rings. The highest BCUT2D eigenvalue weighted by Crippen LogP contribution is 2.34. The van der Waals surface area contributed by atoms with Gasteiger partial charge in [0, 0.05) is 60.6 Å². The summed E-state index contributed by atoms with van der Waals surface area (Å²) >= 11 is 1.91. The lowest BCUT2D eigenvalue weighted by molar-refractivity contribution is -0.142. The standard InChI is InChI=1S/C23H25N3OS/c27-23-8-7-19-15-25(16-20-12-18-5-1-2-6-22(18)28-20)11-9-21(19)26(23)14-17-4-3-10-24-13-17/h1-6,10,12-13,19,21H,7-9,11,14-16H2/t19-,21+/m1/s1. The maximum Gasteiger partial charge on any atom is 0.223 e. The fourth-order valence-corrected chi connectivity index (χ4v) is 5.91. The number of benzene rings is 1. The van der Waals surface area contributed by atoms with E-state index in [1.54, 1.807) is 6.20 Å². The van der Waals surface area contributed by atoms with Crippen molar-refractivity contribution in [1.29, 1.82) is 0 Å². The number of pyridine rings is 1. The zero-order valence-corrected chi connectivity index (χ0v) is 16.8. The van der Waals surface area contributed by atoms with Crippen LogP contribution in [-0.2, 0) is 17.9 Å². The molecule has 2 aliphatic heterocycles. The molecule has 28 heavy (non-hydrogen) atoms. The minimum Gasteiger partial charge on any atom is -0.335 e. The van der Waals surface area contributed by atoms with Gasteiger partial charge in [-0.1, -0.05) is 24.3 Å². The van der Waals surface area contributed by atoms with Crippen LogP contribution < -0.4 is 0 Å². The van der Waals surface area contributed by atoms with Crippen molar-refractivity contribution < 1.29 is 4.79 Å². The topological polar surface area (TPSA) is 36.4 Å². The number of carbonyl (C=O) groups excluding carboxylic acids is 1. The number of thiophene rings is 1. The van der Waals surface area contributed by atoms with E-state index >= 15 is 0 Å². The molecule has 2 saturated heterocycles. The van der Waals surface area contributed by atoms with Crippen LogP contribution in [0.3, 0.4) is 0 Å². The summed E-state index contributed by atoms with van der Waals surface area (Å²) in [7, 11) is 0. The van der Waals surface area contributed by atoms with E-state index in [4.69, 9.17) is 0 Å². The lowest BCUT2D eigenvalue weighted by Crippen LogP contribution is -2.55. The molecule has 4 heterocycles. The number of amides is 1. The maximum atomic E-state index is 12.6. The van der Waals surface area contributed by atoms with Crippen LogP contribution in [0.5, 0.6) is 0 Å². The Morgan fingerprint density at radius 3 is 2.89 bits per heavy atom. The highest BCUT2D eigenvalue weighted by molar-refractivity contribution is 7.19. The molecule has 4 nitrogen and oxygen atoms in total. The van der Waals surface area contributed by atoms with Crippen molar-refractivity contribution in [3.8, 4) is 0 Å². The number of likely N-dealkylation sites (tertiary alicyclic amines) is 2. The Labute approximate surface area is 169 Å². The van der Waals surface area contributed by atoms with Crippen molar-refractivity contribution in [1.82, 2.24) is 14.8 Å². The van der Waals surface area contributed by atoms with E-state index in [2.05, 4.69) is 51.2 Å². The van der Waals surface area contributed by atoms with Gasteiger partial charge in [0.1, 0.15) is 0 Å². The zero-order valence-electron chi connectivity index (χ0n) is 16.0. The van der Waals surface area contributed by atoms with Crippen molar-refractivity contribution in [2.24, 2.45) is 5.92 Å². The van der Waals surface area contributed by atoms with Crippen molar-refractivity contribution >= 4 is 27.3 Å². The number of hydrogen-bond acceptors (Lipinski definition) is 4. The second-order valence-corrected chi connectivity index (χ2v) is 9.19. The van der Waals surface area contributed by atoms with Gasteiger partial charge >= 0.3 is 0 Å². The van der Waals surface area contributed by atoms with E-state index in [-0.39, 0.29) is 0 Å². The van der Waals surface area contributed by atoms with Crippen molar-refractivity contribution in [2.75, 3.05) is 13.1 Å². The summed E-state index contributed by atoms with van der Waals surface area (Å²) in [5.74, 6) is 0.889. The largest absolute Gasteiger partial charge is 0.335 e. The maximum absolute atomic E-state index is 12.6. The molecular formula is C23H25N3OS. The van der Waals surface area contributed by atoms with Gasteiger partial charge in [-0.3, -0.25) is 14.7 Å². The Bertz CT molecular complexity index is 937. The van der Waals surface area contributed by atoms with Gasteiger partial charge in [-0.2, -0.15) is 0 Å². The van der Waals surface area contributed by atoms with Crippen molar-refractivity contribution in [2.45, 2.75) is 38.4 Å². The first kappa shape index (κ1) is 17.8. The quantitative estimate of drug-likeness (QED) is 0.665. The van der Waals surface area contributed by atoms with Crippen LogP contribution >= 0.6 is 11.3 Å². The molecule has 5 heteroatoms. The minimum absolute atomic E-state index is 0.308. The van der Waals surface area contributed by atoms with Gasteiger partial charge < -0.3 is 4.90 Å². The predicted octanol–water partition coefficient (Wildman–Crippen LogP) is 4.31. The molecule has 0 N–H and O–H groups in total. The first-order chi connectivity index (χ1) is 13.8. The van der Waals surface area contributed by atoms with Crippen LogP contribution in [0.1, 0.15) is 29.7 Å². The van der Waals surface area contributed by atoms with Crippen LogP contribution in [0, 0.1) is 5.92 Å². The smallest absolute Gasteiger partial charge is 0.223 e. The van der Waals surface area contributed by atoms with Crippen LogP contribution in [0.25, 0.3) is 10.1 Å². The Balaban J connectivity index is 1.27. The number of hydrogen-bond donors (Lipinski definition) is 0. The third kappa shape index (κ3) is 3.56. The summed E-state index contributed by atoms with van der Waals surface area (Å²) in [6, 6.07) is 15.4. The molecule has 1 aromatic carbocycles. The third-order valence-electron chi connectivity index (χ3n) is 6.16. The van der Waals surface area contributed by atoms with Crippen LogP contribution in [0.15, 0.2) is 54.9 Å². The molecule has 0 radical (unpaired) electrons. The molecular weight excluding hydrogens is 366 g/mol. The monoisotopic (exact) mass is 391 g/mol. The highest BCUT2D eigenvalue weighted by Gasteiger charge is 2.39. The van der Waals surface area contributed by atoms with Gasteiger partial charge in [-0.25, -0.2) is 0 Å². The van der Waals surface area contributed by atoms with Gasteiger partial charge in [0.25, 0.3) is 0 Å². The molecule has 2 aliphatic rings. The fourth-order valence-electron chi connectivity index (χ4n) is 4.80. The minimum atomic E-state index is 0.308. The molecule has 0 bridgehead atoms. The van der Waals surface area contributed by atoms with Crippen molar-refractivity contribution in [3.63, 3.8) is 0 Å². The van der Waals surface area contributed by atoms with Gasteiger partial charge in [0.15, 0.2) is 0 Å². The first-order valence-electron chi connectivity index (χ1n) is 10.1. The SMILES string of the molecule is O=C1CC[C@@H]2CN(Cc3cc4ccccc4s3)CC[C@@H]2N1Cc1cccnc1. The molecule has 0 spiro atoms. The number of fused-ring (bicyclic) bond motifs is 2. The summed E-state index contributed by atoms with van der Waals surface area (Å²) < 4.78 is 1.37. The normalized spacial score (nSPS) is 23.1. The lowest BCUT2D eigenvalue weighted by Gasteiger charge is -2.47. The Morgan fingerprint density at radius 2 is 2.04 bits per heavy atom. The van der Waals surface area contributed by atoms with E-state index < -0.39 is 0 Å². The molecule has 144 valence electrons. The van der Waals surface area contributed by atoms with Gasteiger partial charge in [0.05, 0.1) is 0 Å². The van der Waals surface area contributed by atoms with Crippen LogP contribution in [0.4, 0.5) is 0 Å². The summed E-state index contributed by atoms with van der Waals surface area (Å²) in [5.41, 5.74) is 1.13. The Morgan fingerprint density at radius 1 is 1.11 bits per heavy atom. The number of carbonyl (C=O) groups is 1. The third-order valence-corrected chi connectivity index (χ3v) is 7.26. The molecule has 3 aromatic rings. The second-order valence-electron chi connectivity index (χ2n) is 8.02. The molecule has 0 saturated carbocycles. The molecule has 1 amide bonds. The van der Waals surface area contributed by atoms with Crippen molar-refractivity contribution in [3.05, 3.63) is 65.3 Å². The molecule has 2 atom stereocenters. The summed E-state index contributed by atoms with van der Waals surface area (Å²) in [4.78, 5) is 23.0. The van der Waals surface area contributed by atoms with Gasteiger partial charge in [-0.05, 0) is 47.9 Å². The summed E-state index contributed by atoms with van der Waals surface area (Å²) in [6.07, 6.45) is 6.44. The predicted molar refractivity (Wildman–Crippen MR) is 113 cm³/mol. The number of piperidine rings is 2. The van der Waals surface area contributed by atoms with E-state index in [1.165, 1.54) is 15.0 Å². The molecule has 2 aromatic heterocycles. The summed E-state index contributed by atoms with van der Waals surface area (Å²) in [5, 5.41) is 1.35. The van der Waals surface area contributed by atoms with E-state index in [1.807, 2.05) is 23.6 Å². The Hall–Kier alpha value is -2.24. The number of rotatable bonds is 4. The Kier molecular flexibility index (Phi) is 4.87. The van der Waals surface area contributed by atoms with Crippen LogP contribution in [-0.4, -0.2) is 39.8 Å². The van der Waals surface area contributed by atoms with Gasteiger partial charge in [0.2, 0.25) is 5.91 Å².